The number of rotatable bonds is 3. The third-order valence-electron chi connectivity index (χ3n) is 2.10. The van der Waals surface area contributed by atoms with Gasteiger partial charge in [0.15, 0.2) is 0 Å². The van der Waals surface area contributed by atoms with E-state index in [0.29, 0.717) is 0 Å². The van der Waals surface area contributed by atoms with Gasteiger partial charge in [0, 0.05) is 6.54 Å². The minimum absolute atomic E-state index is 0.0991. The molecule has 0 bridgehead atoms. The topological polar surface area (TPSA) is 84.3 Å². The number of hydrogen-bond acceptors (Lipinski definition) is 4. The van der Waals surface area contributed by atoms with Crippen LogP contribution in [0.4, 0.5) is 30.2 Å². The largest absolute Gasteiger partial charge is 0.416 e. The lowest BCUT2D eigenvalue weighted by molar-refractivity contribution is -0.137. The summed E-state index contributed by atoms with van der Waals surface area (Å²) in [6, 6.07) is 1.61. The molecule has 1 unspecified atom stereocenters. The summed E-state index contributed by atoms with van der Waals surface area (Å²) in [6.07, 6.45) is -5.14. The fourth-order valence-electron chi connectivity index (χ4n) is 1.31. The molecule has 0 fully saturated rings. The Balaban J connectivity index is 3.03. The first-order chi connectivity index (χ1) is 7.71. The molecule has 0 aromatic heterocycles. The van der Waals surface area contributed by atoms with Crippen LogP contribution in [0.15, 0.2) is 12.1 Å². The number of alkyl halides is 3. The van der Waals surface area contributed by atoms with Crippen LogP contribution >= 0.6 is 0 Å². The van der Waals surface area contributed by atoms with Gasteiger partial charge in [-0.3, -0.25) is 0 Å². The maximum absolute atomic E-state index is 12.4. The quantitative estimate of drug-likeness (QED) is 0.614. The number of benzene rings is 1. The summed E-state index contributed by atoms with van der Waals surface area (Å²) >= 11 is 0. The van der Waals surface area contributed by atoms with Crippen molar-refractivity contribution in [2.75, 3.05) is 23.3 Å². The number of aliphatic hydroxyl groups is 1. The van der Waals surface area contributed by atoms with E-state index in [1.54, 1.807) is 0 Å². The average Bonchev–Trinajstić information content (AvgIpc) is 2.14. The number of halogens is 3. The molecule has 0 aliphatic carbocycles. The minimum atomic E-state index is -4.48. The number of nitrogens with one attached hydrogen (secondary N) is 1. The Kier molecular flexibility index (Phi) is 3.72. The third-order valence-corrected chi connectivity index (χ3v) is 2.10. The maximum atomic E-state index is 12.4. The van der Waals surface area contributed by atoms with Crippen molar-refractivity contribution < 1.29 is 18.3 Å². The Bertz CT molecular complexity index is 381. The van der Waals surface area contributed by atoms with E-state index in [9.17, 15) is 13.2 Å². The van der Waals surface area contributed by atoms with Gasteiger partial charge in [0.1, 0.15) is 0 Å². The molecule has 1 aromatic rings. The molecule has 0 saturated heterocycles. The molecule has 1 atom stereocenters. The van der Waals surface area contributed by atoms with Crippen LogP contribution in [0.5, 0.6) is 0 Å². The first-order valence-corrected chi connectivity index (χ1v) is 4.90. The summed E-state index contributed by atoms with van der Waals surface area (Å²) in [5.74, 6) is 0. The van der Waals surface area contributed by atoms with Crippen LogP contribution in [0.3, 0.4) is 0 Å². The summed E-state index contributed by atoms with van der Waals surface area (Å²) in [6.45, 7) is 1.68. The number of nitrogen functional groups attached to an aromatic ring is 2. The van der Waals surface area contributed by atoms with Gasteiger partial charge in [-0.1, -0.05) is 0 Å². The average molecular weight is 249 g/mol. The van der Waals surface area contributed by atoms with Gasteiger partial charge in [0.25, 0.3) is 0 Å². The normalized spacial score (nSPS) is 13.5. The van der Waals surface area contributed by atoms with Gasteiger partial charge in [0.05, 0.1) is 28.7 Å². The Morgan fingerprint density at radius 2 is 1.76 bits per heavy atom. The van der Waals surface area contributed by atoms with Gasteiger partial charge in [-0.25, -0.2) is 0 Å². The smallest absolute Gasteiger partial charge is 0.397 e. The second-order valence-electron chi connectivity index (χ2n) is 3.76. The minimum Gasteiger partial charge on any atom is -0.397 e. The fourth-order valence-corrected chi connectivity index (χ4v) is 1.31. The molecule has 4 nitrogen and oxygen atoms in total. The molecule has 0 spiro atoms. The van der Waals surface area contributed by atoms with Crippen LogP contribution in [0.2, 0.25) is 0 Å². The standard InChI is InChI=1S/C10H14F3N3O/c1-5(17)4-16-9-7(14)2-6(3-8(9)15)10(11,12)13/h2-3,5,16-17H,4,14-15H2,1H3. The van der Waals surface area contributed by atoms with Crippen molar-refractivity contribution in [3.8, 4) is 0 Å². The third kappa shape index (κ3) is 3.42. The molecule has 0 saturated carbocycles. The Morgan fingerprint density at radius 3 is 2.12 bits per heavy atom. The van der Waals surface area contributed by atoms with Crippen LogP contribution in [-0.2, 0) is 6.18 Å². The van der Waals surface area contributed by atoms with Crippen molar-refractivity contribution in [2.45, 2.75) is 19.2 Å². The van der Waals surface area contributed by atoms with Crippen molar-refractivity contribution >= 4 is 17.1 Å². The lowest BCUT2D eigenvalue weighted by atomic mass is 10.1. The number of anilines is 3. The first-order valence-electron chi connectivity index (χ1n) is 4.90. The molecule has 1 aromatic carbocycles. The van der Waals surface area contributed by atoms with Crippen LogP contribution in [0.25, 0.3) is 0 Å². The van der Waals surface area contributed by atoms with Gasteiger partial charge in [-0.05, 0) is 19.1 Å². The van der Waals surface area contributed by atoms with E-state index in [1.165, 1.54) is 6.92 Å². The predicted molar refractivity (Wildman–Crippen MR) is 60.4 cm³/mol. The van der Waals surface area contributed by atoms with E-state index in [0.717, 1.165) is 12.1 Å². The van der Waals surface area contributed by atoms with Crippen LogP contribution in [0.1, 0.15) is 12.5 Å². The highest BCUT2D eigenvalue weighted by atomic mass is 19.4. The fraction of sp³-hybridized carbons (Fsp3) is 0.400. The van der Waals surface area contributed by atoms with Crippen LogP contribution in [0, 0.1) is 0 Å². The van der Waals surface area contributed by atoms with Crippen molar-refractivity contribution in [1.29, 1.82) is 0 Å². The molecular weight excluding hydrogens is 235 g/mol. The number of aliphatic hydroxyl groups excluding tert-OH is 1. The molecule has 0 radical (unpaired) electrons. The van der Waals surface area contributed by atoms with Gasteiger partial charge in [0.2, 0.25) is 0 Å². The van der Waals surface area contributed by atoms with E-state index in [1.807, 2.05) is 0 Å². The molecule has 1 rings (SSSR count). The van der Waals surface area contributed by atoms with E-state index in [2.05, 4.69) is 5.32 Å². The maximum Gasteiger partial charge on any atom is 0.416 e. The summed E-state index contributed by atoms with van der Waals surface area (Å²) in [4.78, 5) is 0. The van der Waals surface area contributed by atoms with Gasteiger partial charge in [-0.15, -0.1) is 0 Å². The second-order valence-corrected chi connectivity index (χ2v) is 3.76. The summed E-state index contributed by atoms with van der Waals surface area (Å²) < 4.78 is 37.3. The zero-order valence-corrected chi connectivity index (χ0v) is 9.17. The monoisotopic (exact) mass is 249 g/mol. The Hall–Kier alpha value is -1.63. The first kappa shape index (κ1) is 13.4. The van der Waals surface area contributed by atoms with Crippen molar-refractivity contribution in [3.63, 3.8) is 0 Å². The Morgan fingerprint density at radius 1 is 1.29 bits per heavy atom. The zero-order valence-electron chi connectivity index (χ0n) is 9.17. The highest BCUT2D eigenvalue weighted by Crippen LogP contribution is 2.36. The lowest BCUT2D eigenvalue weighted by Crippen LogP contribution is -2.18. The van der Waals surface area contributed by atoms with Crippen LogP contribution < -0.4 is 16.8 Å². The van der Waals surface area contributed by atoms with Gasteiger partial charge < -0.3 is 21.9 Å². The molecule has 0 heterocycles. The molecular formula is C10H14F3N3O. The highest BCUT2D eigenvalue weighted by molar-refractivity contribution is 5.80. The number of nitrogens with two attached hydrogens (primary N) is 2. The van der Waals surface area contributed by atoms with Gasteiger partial charge >= 0.3 is 6.18 Å². The lowest BCUT2D eigenvalue weighted by Gasteiger charge is -2.16. The molecule has 0 aliphatic rings. The van der Waals surface area contributed by atoms with Crippen molar-refractivity contribution in [3.05, 3.63) is 17.7 Å². The molecule has 96 valence electrons. The van der Waals surface area contributed by atoms with E-state index in [-0.39, 0.29) is 23.6 Å². The van der Waals surface area contributed by atoms with Crippen molar-refractivity contribution in [1.82, 2.24) is 0 Å². The van der Waals surface area contributed by atoms with Crippen molar-refractivity contribution in [2.24, 2.45) is 0 Å². The summed E-state index contributed by atoms with van der Waals surface area (Å²) in [5.41, 5.74) is 10.1. The summed E-state index contributed by atoms with van der Waals surface area (Å²) in [7, 11) is 0. The number of hydrogen-bond donors (Lipinski definition) is 4. The van der Waals surface area contributed by atoms with E-state index < -0.39 is 17.8 Å². The second kappa shape index (κ2) is 4.70. The van der Waals surface area contributed by atoms with Crippen LogP contribution in [-0.4, -0.2) is 17.8 Å². The Labute approximate surface area is 96.4 Å². The molecule has 17 heavy (non-hydrogen) atoms. The molecule has 7 heteroatoms. The molecule has 0 amide bonds. The van der Waals surface area contributed by atoms with E-state index >= 15 is 0 Å². The SMILES string of the molecule is CC(O)CNc1c(N)cc(C(F)(F)F)cc1N. The van der Waals surface area contributed by atoms with E-state index in [4.69, 9.17) is 16.6 Å². The highest BCUT2D eigenvalue weighted by Gasteiger charge is 2.31. The zero-order chi connectivity index (χ0) is 13.2. The van der Waals surface area contributed by atoms with Gasteiger partial charge in [-0.2, -0.15) is 13.2 Å². The molecule has 6 N–H and O–H groups in total. The molecule has 0 aliphatic heterocycles. The predicted octanol–water partition coefficient (Wildman–Crippen LogP) is 1.66. The summed E-state index contributed by atoms with van der Waals surface area (Å²) in [5, 5.41) is 11.7.